The van der Waals surface area contributed by atoms with Gasteiger partial charge in [0.2, 0.25) is 0 Å². The van der Waals surface area contributed by atoms with Crippen molar-refractivity contribution in [3.63, 3.8) is 0 Å². The van der Waals surface area contributed by atoms with E-state index in [9.17, 15) is 14.0 Å². The van der Waals surface area contributed by atoms with Gasteiger partial charge >= 0.3 is 5.69 Å². The first-order valence-corrected chi connectivity index (χ1v) is 7.59. The molecule has 3 aromatic rings. The number of benzene rings is 1. The molecule has 0 N–H and O–H groups in total. The third-order valence-corrected chi connectivity index (χ3v) is 3.88. The van der Waals surface area contributed by atoms with Crippen molar-refractivity contribution in [3.05, 3.63) is 80.6 Å². The van der Waals surface area contributed by atoms with Crippen LogP contribution in [0, 0.1) is 5.82 Å². The third kappa shape index (κ3) is 3.68. The first-order valence-electron chi connectivity index (χ1n) is 7.59. The van der Waals surface area contributed by atoms with E-state index in [1.54, 1.807) is 36.3 Å². The molecule has 0 aliphatic carbocycles. The molecule has 0 atom stereocenters. The number of nitrogens with zero attached hydrogens (tertiary/aromatic N) is 4. The van der Waals surface area contributed by atoms with Gasteiger partial charge in [-0.2, -0.15) is 5.10 Å². The van der Waals surface area contributed by atoms with Gasteiger partial charge in [-0.3, -0.25) is 18.6 Å². The second-order valence-electron chi connectivity index (χ2n) is 5.66. The molecule has 0 unspecified atom stereocenters. The SMILES string of the molecule is Cn1c(COc2cnn(Cc3ccc(F)cc3)c2)cc(=O)n(C)c1=O. The zero-order valence-corrected chi connectivity index (χ0v) is 13.8. The summed E-state index contributed by atoms with van der Waals surface area (Å²) in [5.41, 5.74) is 0.594. The van der Waals surface area contributed by atoms with Crippen LogP contribution >= 0.6 is 0 Å². The molecule has 0 amide bonds. The minimum absolute atomic E-state index is 0.0735. The zero-order valence-electron chi connectivity index (χ0n) is 13.8. The maximum atomic E-state index is 12.9. The molecular formula is C17H17FN4O3. The fourth-order valence-corrected chi connectivity index (χ4v) is 2.36. The topological polar surface area (TPSA) is 71.0 Å². The maximum absolute atomic E-state index is 12.9. The first-order chi connectivity index (χ1) is 11.9. The van der Waals surface area contributed by atoms with Crippen molar-refractivity contribution in [2.75, 3.05) is 0 Å². The summed E-state index contributed by atoms with van der Waals surface area (Å²) in [6, 6.07) is 7.53. The second-order valence-corrected chi connectivity index (χ2v) is 5.66. The van der Waals surface area contributed by atoms with Crippen LogP contribution in [-0.2, 0) is 27.2 Å². The lowest BCUT2D eigenvalue weighted by molar-refractivity contribution is 0.293. The Bertz CT molecular complexity index is 1000. The summed E-state index contributed by atoms with van der Waals surface area (Å²) < 4.78 is 22.6. The van der Waals surface area contributed by atoms with E-state index < -0.39 is 5.69 Å². The van der Waals surface area contributed by atoms with Gasteiger partial charge in [-0.25, -0.2) is 9.18 Å². The molecule has 0 bridgehead atoms. The summed E-state index contributed by atoms with van der Waals surface area (Å²) in [6.45, 7) is 0.554. The molecule has 0 aliphatic heterocycles. The monoisotopic (exact) mass is 344 g/mol. The predicted molar refractivity (Wildman–Crippen MR) is 89.0 cm³/mol. The molecule has 0 saturated carbocycles. The highest BCUT2D eigenvalue weighted by Crippen LogP contribution is 2.12. The van der Waals surface area contributed by atoms with E-state index in [0.717, 1.165) is 10.1 Å². The van der Waals surface area contributed by atoms with Crippen LogP contribution in [0.3, 0.4) is 0 Å². The fourth-order valence-electron chi connectivity index (χ4n) is 2.36. The van der Waals surface area contributed by atoms with Gasteiger partial charge in [-0.05, 0) is 17.7 Å². The molecule has 2 aromatic heterocycles. The maximum Gasteiger partial charge on any atom is 0.330 e. The van der Waals surface area contributed by atoms with Gasteiger partial charge in [0.05, 0.1) is 24.6 Å². The molecule has 8 heteroatoms. The van der Waals surface area contributed by atoms with E-state index in [1.165, 1.54) is 29.8 Å². The predicted octanol–water partition coefficient (Wildman–Crippen LogP) is 1.05. The molecule has 0 aliphatic rings. The Morgan fingerprint density at radius 1 is 1.12 bits per heavy atom. The standard InChI is InChI=1S/C17H17FN4O3/c1-20-14(7-16(23)21(2)17(20)24)11-25-15-8-19-22(10-15)9-12-3-5-13(18)6-4-12/h3-8,10H,9,11H2,1-2H3. The summed E-state index contributed by atoms with van der Waals surface area (Å²) in [5, 5.41) is 4.18. The molecule has 2 heterocycles. The fraction of sp³-hybridized carbons (Fsp3) is 0.235. The summed E-state index contributed by atoms with van der Waals surface area (Å²) in [6.07, 6.45) is 3.24. The Labute approximate surface area is 142 Å². The highest BCUT2D eigenvalue weighted by atomic mass is 19.1. The Balaban J connectivity index is 1.69. The first kappa shape index (κ1) is 16.7. The van der Waals surface area contributed by atoms with Crippen LogP contribution < -0.4 is 16.0 Å². The van der Waals surface area contributed by atoms with Crippen molar-refractivity contribution in [2.45, 2.75) is 13.2 Å². The molecule has 25 heavy (non-hydrogen) atoms. The van der Waals surface area contributed by atoms with Crippen molar-refractivity contribution in [1.82, 2.24) is 18.9 Å². The van der Waals surface area contributed by atoms with Gasteiger partial charge in [0, 0.05) is 20.2 Å². The van der Waals surface area contributed by atoms with E-state index in [1.807, 2.05) is 0 Å². The van der Waals surface area contributed by atoms with Crippen LogP contribution in [0.5, 0.6) is 5.75 Å². The quantitative estimate of drug-likeness (QED) is 0.694. The molecular weight excluding hydrogens is 327 g/mol. The smallest absolute Gasteiger partial charge is 0.330 e. The average molecular weight is 344 g/mol. The normalized spacial score (nSPS) is 10.8. The van der Waals surface area contributed by atoms with E-state index >= 15 is 0 Å². The highest BCUT2D eigenvalue weighted by Gasteiger charge is 2.08. The number of hydrogen-bond acceptors (Lipinski definition) is 4. The highest BCUT2D eigenvalue weighted by molar-refractivity contribution is 5.18. The molecule has 7 nitrogen and oxygen atoms in total. The lowest BCUT2D eigenvalue weighted by Crippen LogP contribution is -2.38. The van der Waals surface area contributed by atoms with E-state index in [4.69, 9.17) is 4.74 Å². The summed E-state index contributed by atoms with van der Waals surface area (Å²) in [5.74, 6) is 0.225. The summed E-state index contributed by atoms with van der Waals surface area (Å²) in [7, 11) is 3.01. The second kappa shape index (κ2) is 6.76. The van der Waals surface area contributed by atoms with Crippen LogP contribution in [0.2, 0.25) is 0 Å². The van der Waals surface area contributed by atoms with E-state index in [-0.39, 0.29) is 18.0 Å². The largest absolute Gasteiger partial charge is 0.484 e. The van der Waals surface area contributed by atoms with E-state index in [2.05, 4.69) is 5.10 Å². The average Bonchev–Trinajstić information content (AvgIpc) is 3.04. The van der Waals surface area contributed by atoms with Crippen LogP contribution in [0.1, 0.15) is 11.3 Å². The van der Waals surface area contributed by atoms with Crippen LogP contribution in [0.4, 0.5) is 4.39 Å². The van der Waals surface area contributed by atoms with Crippen LogP contribution in [-0.4, -0.2) is 18.9 Å². The summed E-state index contributed by atoms with van der Waals surface area (Å²) >= 11 is 0. The molecule has 3 rings (SSSR count). The van der Waals surface area contributed by atoms with Crippen molar-refractivity contribution in [2.24, 2.45) is 14.1 Å². The summed E-state index contributed by atoms with van der Waals surface area (Å²) in [4.78, 5) is 23.6. The van der Waals surface area contributed by atoms with Gasteiger partial charge in [0.1, 0.15) is 12.4 Å². The van der Waals surface area contributed by atoms with Gasteiger partial charge in [-0.1, -0.05) is 12.1 Å². The van der Waals surface area contributed by atoms with Crippen molar-refractivity contribution in [1.29, 1.82) is 0 Å². The molecule has 0 saturated heterocycles. The molecule has 0 fully saturated rings. The Hall–Kier alpha value is -3.16. The van der Waals surface area contributed by atoms with Crippen molar-refractivity contribution < 1.29 is 9.13 Å². The van der Waals surface area contributed by atoms with E-state index in [0.29, 0.717) is 18.0 Å². The van der Waals surface area contributed by atoms with Gasteiger partial charge < -0.3 is 4.74 Å². The Morgan fingerprint density at radius 3 is 2.56 bits per heavy atom. The Morgan fingerprint density at radius 2 is 1.84 bits per heavy atom. The third-order valence-electron chi connectivity index (χ3n) is 3.88. The van der Waals surface area contributed by atoms with Crippen LogP contribution in [0.25, 0.3) is 0 Å². The lowest BCUT2D eigenvalue weighted by atomic mass is 10.2. The number of rotatable bonds is 5. The van der Waals surface area contributed by atoms with Gasteiger partial charge in [-0.15, -0.1) is 0 Å². The Kier molecular flexibility index (Phi) is 4.51. The van der Waals surface area contributed by atoms with Crippen molar-refractivity contribution in [3.8, 4) is 5.75 Å². The molecule has 0 radical (unpaired) electrons. The zero-order chi connectivity index (χ0) is 18.0. The number of aromatic nitrogens is 4. The minimum atomic E-state index is -0.405. The number of halogens is 1. The minimum Gasteiger partial charge on any atom is -0.484 e. The van der Waals surface area contributed by atoms with Crippen LogP contribution in [0.15, 0.2) is 52.3 Å². The molecule has 130 valence electrons. The van der Waals surface area contributed by atoms with Gasteiger partial charge in [0.25, 0.3) is 5.56 Å². The molecule has 1 aromatic carbocycles. The van der Waals surface area contributed by atoms with Crippen molar-refractivity contribution >= 4 is 0 Å². The van der Waals surface area contributed by atoms with Gasteiger partial charge in [0.15, 0.2) is 5.75 Å². The molecule has 0 spiro atoms. The number of ether oxygens (including phenoxy) is 1. The lowest BCUT2D eigenvalue weighted by Gasteiger charge is -2.09. The number of hydrogen-bond donors (Lipinski definition) is 0.